The standard InChI is InChI=1S/C19H19FN2O2/c1-10(2)18-21-17-15(22(18)4)9-14(19(23)24)11(3)16(17)12-5-7-13(20)8-6-12/h5-10H,1-4H3,(H,23,24). The van der Waals surface area contributed by atoms with Gasteiger partial charge in [-0.15, -0.1) is 0 Å². The zero-order valence-corrected chi connectivity index (χ0v) is 14.1. The van der Waals surface area contributed by atoms with Crippen LogP contribution in [0.3, 0.4) is 0 Å². The van der Waals surface area contributed by atoms with Crippen molar-refractivity contribution >= 4 is 17.0 Å². The lowest BCUT2D eigenvalue weighted by Crippen LogP contribution is -2.03. The Labute approximate surface area is 139 Å². The van der Waals surface area contributed by atoms with Gasteiger partial charge >= 0.3 is 5.97 Å². The molecule has 0 atom stereocenters. The van der Waals surface area contributed by atoms with Gasteiger partial charge in [0.2, 0.25) is 0 Å². The molecule has 3 aromatic rings. The number of rotatable bonds is 3. The third-order valence-electron chi connectivity index (χ3n) is 4.35. The Bertz CT molecular complexity index is 940. The fourth-order valence-electron chi connectivity index (χ4n) is 3.14. The number of carboxylic acids is 1. The summed E-state index contributed by atoms with van der Waals surface area (Å²) in [5, 5.41) is 9.56. The lowest BCUT2D eigenvalue weighted by atomic mass is 9.94. The molecule has 2 aromatic carbocycles. The van der Waals surface area contributed by atoms with Crippen LogP contribution in [0.1, 0.15) is 41.5 Å². The summed E-state index contributed by atoms with van der Waals surface area (Å²) in [6.07, 6.45) is 0. The molecule has 0 unspecified atom stereocenters. The number of aromatic carboxylic acids is 1. The average molecular weight is 326 g/mol. The van der Waals surface area contributed by atoms with E-state index in [2.05, 4.69) is 0 Å². The Balaban J connectivity index is 2.44. The molecule has 1 aromatic heterocycles. The Morgan fingerprint density at radius 3 is 2.42 bits per heavy atom. The molecule has 0 amide bonds. The highest BCUT2D eigenvalue weighted by Gasteiger charge is 2.21. The number of hydrogen-bond acceptors (Lipinski definition) is 2. The first-order valence-electron chi connectivity index (χ1n) is 7.80. The number of fused-ring (bicyclic) bond motifs is 1. The maximum atomic E-state index is 13.3. The summed E-state index contributed by atoms with van der Waals surface area (Å²) < 4.78 is 15.2. The third kappa shape index (κ3) is 2.46. The summed E-state index contributed by atoms with van der Waals surface area (Å²) in [5.74, 6) is -0.219. The van der Waals surface area contributed by atoms with Crippen molar-refractivity contribution in [2.75, 3.05) is 0 Å². The summed E-state index contributed by atoms with van der Waals surface area (Å²) in [4.78, 5) is 16.4. The summed E-state index contributed by atoms with van der Waals surface area (Å²) >= 11 is 0. The Hall–Kier alpha value is -2.69. The predicted octanol–water partition coefficient (Wildman–Crippen LogP) is 4.51. The Kier molecular flexibility index (Phi) is 3.87. The van der Waals surface area contributed by atoms with Crippen molar-refractivity contribution < 1.29 is 14.3 Å². The van der Waals surface area contributed by atoms with Crippen LogP contribution in [-0.2, 0) is 7.05 Å². The van der Waals surface area contributed by atoms with Crippen molar-refractivity contribution in [3.63, 3.8) is 0 Å². The number of benzene rings is 2. The quantitative estimate of drug-likeness (QED) is 0.770. The summed E-state index contributed by atoms with van der Waals surface area (Å²) in [7, 11) is 1.89. The van der Waals surface area contributed by atoms with Crippen LogP contribution in [0.4, 0.5) is 4.39 Å². The van der Waals surface area contributed by atoms with Crippen LogP contribution in [0.2, 0.25) is 0 Å². The normalized spacial score (nSPS) is 11.4. The number of hydrogen-bond donors (Lipinski definition) is 1. The smallest absolute Gasteiger partial charge is 0.336 e. The van der Waals surface area contributed by atoms with Gasteiger partial charge in [0, 0.05) is 18.5 Å². The topological polar surface area (TPSA) is 55.1 Å². The molecule has 0 aliphatic carbocycles. The number of aromatic nitrogens is 2. The first-order valence-corrected chi connectivity index (χ1v) is 7.80. The zero-order chi connectivity index (χ0) is 17.6. The van der Waals surface area contributed by atoms with Crippen LogP contribution in [0, 0.1) is 12.7 Å². The predicted molar refractivity (Wildman–Crippen MR) is 91.9 cm³/mol. The van der Waals surface area contributed by atoms with Gasteiger partial charge in [-0.3, -0.25) is 0 Å². The second kappa shape index (κ2) is 5.74. The van der Waals surface area contributed by atoms with E-state index in [4.69, 9.17) is 4.98 Å². The largest absolute Gasteiger partial charge is 0.478 e. The van der Waals surface area contributed by atoms with Crippen LogP contribution in [0.5, 0.6) is 0 Å². The van der Waals surface area contributed by atoms with E-state index < -0.39 is 5.97 Å². The van der Waals surface area contributed by atoms with Crippen molar-refractivity contribution in [2.24, 2.45) is 7.05 Å². The fraction of sp³-hybridized carbons (Fsp3) is 0.263. The van der Waals surface area contributed by atoms with Gasteiger partial charge in [-0.1, -0.05) is 26.0 Å². The fourth-order valence-corrected chi connectivity index (χ4v) is 3.14. The second-order valence-electron chi connectivity index (χ2n) is 6.29. The van der Waals surface area contributed by atoms with Gasteiger partial charge in [-0.2, -0.15) is 0 Å². The molecule has 0 spiro atoms. The number of nitrogens with zero attached hydrogens (tertiary/aromatic N) is 2. The highest BCUT2D eigenvalue weighted by molar-refractivity contribution is 6.02. The van der Waals surface area contributed by atoms with Gasteiger partial charge in [0.15, 0.2) is 0 Å². The molecule has 1 heterocycles. The highest BCUT2D eigenvalue weighted by atomic mass is 19.1. The van der Waals surface area contributed by atoms with Gasteiger partial charge in [0.05, 0.1) is 16.6 Å². The van der Waals surface area contributed by atoms with Gasteiger partial charge < -0.3 is 9.67 Å². The van der Waals surface area contributed by atoms with E-state index in [1.807, 2.05) is 25.5 Å². The first-order chi connectivity index (χ1) is 11.3. The van der Waals surface area contributed by atoms with Crippen molar-refractivity contribution in [3.05, 3.63) is 53.1 Å². The molecular weight excluding hydrogens is 307 g/mol. The maximum absolute atomic E-state index is 13.3. The molecular formula is C19H19FN2O2. The average Bonchev–Trinajstić information content (AvgIpc) is 2.85. The van der Waals surface area contributed by atoms with Crippen molar-refractivity contribution in [1.29, 1.82) is 0 Å². The van der Waals surface area contributed by atoms with Crippen molar-refractivity contribution in [2.45, 2.75) is 26.7 Å². The van der Waals surface area contributed by atoms with E-state index in [0.717, 1.165) is 28.0 Å². The monoisotopic (exact) mass is 326 g/mol. The van der Waals surface area contributed by atoms with Gasteiger partial charge in [-0.25, -0.2) is 14.2 Å². The minimum absolute atomic E-state index is 0.206. The summed E-state index contributed by atoms with van der Waals surface area (Å²) in [6.45, 7) is 5.86. The van der Waals surface area contributed by atoms with Crippen LogP contribution in [0.15, 0.2) is 30.3 Å². The van der Waals surface area contributed by atoms with Crippen LogP contribution >= 0.6 is 0 Å². The molecule has 5 heteroatoms. The summed E-state index contributed by atoms with van der Waals surface area (Å²) in [5.41, 5.74) is 3.88. The van der Waals surface area contributed by atoms with E-state index in [0.29, 0.717) is 5.56 Å². The van der Waals surface area contributed by atoms with Gasteiger partial charge in [-0.05, 0) is 36.2 Å². The van der Waals surface area contributed by atoms with Crippen LogP contribution in [0.25, 0.3) is 22.2 Å². The molecule has 124 valence electrons. The molecule has 3 rings (SSSR count). The van der Waals surface area contributed by atoms with Crippen LogP contribution in [-0.4, -0.2) is 20.6 Å². The van der Waals surface area contributed by atoms with Crippen molar-refractivity contribution in [1.82, 2.24) is 9.55 Å². The number of aryl methyl sites for hydroxylation is 1. The first kappa shape index (κ1) is 16.2. The van der Waals surface area contributed by atoms with E-state index >= 15 is 0 Å². The number of carboxylic acid groups (broad SMARTS) is 1. The Morgan fingerprint density at radius 2 is 1.88 bits per heavy atom. The Morgan fingerprint density at radius 1 is 1.25 bits per heavy atom. The van der Waals surface area contributed by atoms with Crippen molar-refractivity contribution in [3.8, 4) is 11.1 Å². The maximum Gasteiger partial charge on any atom is 0.336 e. The van der Waals surface area contributed by atoms with Gasteiger partial charge in [0.1, 0.15) is 11.6 Å². The highest BCUT2D eigenvalue weighted by Crippen LogP contribution is 2.35. The lowest BCUT2D eigenvalue weighted by Gasteiger charge is -2.11. The molecule has 1 N–H and O–H groups in total. The third-order valence-corrected chi connectivity index (χ3v) is 4.35. The number of carbonyl (C=O) groups is 1. The minimum Gasteiger partial charge on any atom is -0.478 e. The molecule has 0 saturated heterocycles. The number of imidazole rings is 1. The molecule has 0 aliphatic heterocycles. The molecule has 24 heavy (non-hydrogen) atoms. The molecule has 0 saturated carbocycles. The molecule has 0 aliphatic rings. The number of halogens is 1. The molecule has 0 radical (unpaired) electrons. The molecule has 0 fully saturated rings. The van der Waals surface area contributed by atoms with E-state index in [1.165, 1.54) is 12.1 Å². The second-order valence-corrected chi connectivity index (χ2v) is 6.29. The molecule has 4 nitrogen and oxygen atoms in total. The van der Waals surface area contributed by atoms with E-state index in [-0.39, 0.29) is 17.3 Å². The van der Waals surface area contributed by atoms with E-state index in [1.54, 1.807) is 25.1 Å². The van der Waals surface area contributed by atoms with E-state index in [9.17, 15) is 14.3 Å². The zero-order valence-electron chi connectivity index (χ0n) is 14.1. The van der Waals surface area contributed by atoms with Crippen LogP contribution < -0.4 is 0 Å². The summed E-state index contributed by atoms with van der Waals surface area (Å²) in [6, 6.07) is 7.73. The SMILES string of the molecule is Cc1c(C(=O)O)cc2c(nc(C(C)C)n2C)c1-c1ccc(F)cc1. The lowest BCUT2D eigenvalue weighted by molar-refractivity contribution is 0.0696. The minimum atomic E-state index is -0.981. The molecule has 0 bridgehead atoms. The van der Waals surface area contributed by atoms with Gasteiger partial charge in [0.25, 0.3) is 0 Å².